The summed E-state index contributed by atoms with van der Waals surface area (Å²) in [7, 11) is 0. The van der Waals surface area contributed by atoms with Crippen molar-refractivity contribution in [3.05, 3.63) is 119 Å². The molecule has 30 heavy (non-hydrogen) atoms. The zero-order valence-corrected chi connectivity index (χ0v) is 19.3. The number of hydrogen-bond acceptors (Lipinski definition) is 2. The Morgan fingerprint density at radius 1 is 0.533 bits per heavy atom. The molecule has 0 atom stereocenters. The highest BCUT2D eigenvalue weighted by Crippen LogP contribution is 2.32. The summed E-state index contributed by atoms with van der Waals surface area (Å²) in [6.07, 6.45) is 0.955. The van der Waals surface area contributed by atoms with Crippen LogP contribution in [0, 0.1) is 20.8 Å². The van der Waals surface area contributed by atoms with Crippen LogP contribution in [0.2, 0.25) is 0 Å². The smallest absolute Gasteiger partial charge is 0.0125 e. The molecule has 0 aliphatic carbocycles. The molecule has 150 valence electrons. The van der Waals surface area contributed by atoms with Gasteiger partial charge in [0.15, 0.2) is 0 Å². The van der Waals surface area contributed by atoms with Gasteiger partial charge in [-0.05, 0) is 92.4 Å². The van der Waals surface area contributed by atoms with E-state index in [-0.39, 0.29) is 0 Å². The lowest BCUT2D eigenvalue weighted by molar-refractivity contribution is 1.12. The van der Waals surface area contributed by atoms with Gasteiger partial charge in [-0.25, -0.2) is 0 Å². The van der Waals surface area contributed by atoms with Crippen LogP contribution < -0.4 is 0 Å². The first-order valence-electron chi connectivity index (χ1n) is 10.2. The van der Waals surface area contributed by atoms with E-state index in [1.165, 1.54) is 47.4 Å². The first kappa shape index (κ1) is 20.8. The summed E-state index contributed by atoms with van der Waals surface area (Å²) >= 11 is 3.66. The Hall–Kier alpha value is -2.42. The maximum Gasteiger partial charge on any atom is 0.0125 e. The van der Waals surface area contributed by atoms with Crippen molar-refractivity contribution in [2.75, 3.05) is 0 Å². The number of rotatable bonds is 6. The average molecular weight is 427 g/mol. The number of hydrogen-bond donors (Lipinski definition) is 0. The van der Waals surface area contributed by atoms with Crippen molar-refractivity contribution >= 4 is 23.5 Å². The fraction of sp³-hybridized carbons (Fsp3) is 0.143. The van der Waals surface area contributed by atoms with E-state index in [9.17, 15) is 0 Å². The predicted molar refractivity (Wildman–Crippen MR) is 131 cm³/mol. The van der Waals surface area contributed by atoms with Gasteiger partial charge >= 0.3 is 0 Å². The molecule has 0 amide bonds. The van der Waals surface area contributed by atoms with E-state index >= 15 is 0 Å². The average Bonchev–Trinajstić information content (AvgIpc) is 2.72. The van der Waals surface area contributed by atoms with Crippen LogP contribution in [0.3, 0.4) is 0 Å². The molecule has 0 nitrogen and oxygen atoms in total. The van der Waals surface area contributed by atoms with Gasteiger partial charge in [0.2, 0.25) is 0 Å². The molecule has 0 aliphatic heterocycles. The molecule has 0 radical (unpaired) electrons. The summed E-state index contributed by atoms with van der Waals surface area (Å²) in [5.41, 5.74) is 6.69. The van der Waals surface area contributed by atoms with Crippen molar-refractivity contribution in [3.63, 3.8) is 0 Å². The second-order valence-electron chi connectivity index (χ2n) is 7.75. The highest BCUT2D eigenvalue weighted by Gasteiger charge is 2.06. The summed E-state index contributed by atoms with van der Waals surface area (Å²) in [4.78, 5) is 5.16. The summed E-state index contributed by atoms with van der Waals surface area (Å²) in [6.45, 7) is 6.48. The minimum absolute atomic E-state index is 0.955. The summed E-state index contributed by atoms with van der Waals surface area (Å²) in [5.74, 6) is 0. The lowest BCUT2D eigenvalue weighted by atomic mass is 10.0. The molecule has 0 bridgehead atoms. The zero-order valence-electron chi connectivity index (χ0n) is 17.7. The molecule has 0 spiro atoms. The van der Waals surface area contributed by atoms with Crippen LogP contribution in [0.15, 0.2) is 111 Å². The zero-order chi connectivity index (χ0) is 20.9. The molecule has 0 unspecified atom stereocenters. The molecule has 0 saturated heterocycles. The maximum atomic E-state index is 2.35. The van der Waals surface area contributed by atoms with E-state index in [4.69, 9.17) is 0 Å². The van der Waals surface area contributed by atoms with E-state index in [1.54, 1.807) is 0 Å². The van der Waals surface area contributed by atoms with E-state index in [0.717, 1.165) is 6.42 Å². The van der Waals surface area contributed by atoms with Gasteiger partial charge < -0.3 is 0 Å². The van der Waals surface area contributed by atoms with Crippen molar-refractivity contribution in [2.24, 2.45) is 0 Å². The fourth-order valence-electron chi connectivity index (χ4n) is 3.40. The van der Waals surface area contributed by atoms with Crippen molar-refractivity contribution < 1.29 is 0 Å². The first-order chi connectivity index (χ1) is 14.5. The van der Waals surface area contributed by atoms with Crippen LogP contribution in [0.5, 0.6) is 0 Å². The fourth-order valence-corrected chi connectivity index (χ4v) is 5.30. The van der Waals surface area contributed by atoms with Gasteiger partial charge in [-0.15, -0.1) is 0 Å². The second-order valence-corrected chi connectivity index (χ2v) is 10.0. The van der Waals surface area contributed by atoms with Crippen LogP contribution in [-0.2, 0) is 6.42 Å². The molecule has 4 aromatic rings. The Bertz CT molecular complexity index is 1140. The third kappa shape index (κ3) is 5.59. The van der Waals surface area contributed by atoms with Crippen molar-refractivity contribution in [1.82, 2.24) is 0 Å². The Labute approximate surface area is 188 Å². The van der Waals surface area contributed by atoms with Crippen LogP contribution in [0.4, 0.5) is 0 Å². The molecule has 4 rings (SSSR count). The summed E-state index contributed by atoms with van der Waals surface area (Å²) in [6, 6.07) is 33.2. The van der Waals surface area contributed by atoms with E-state index in [1.807, 2.05) is 23.5 Å². The van der Waals surface area contributed by atoms with Gasteiger partial charge in [-0.1, -0.05) is 77.1 Å². The largest absolute Gasteiger partial charge is 0.0901 e. The standard InChI is InChI=1S/C28H26S2/c1-20-10-13-25(14-11-20)29-28-15-12-22(3)24(19-28)17-23-7-5-9-27(18-23)30-26-8-4-6-21(2)16-26/h4-16,18-19H,17H2,1-3H3. The van der Waals surface area contributed by atoms with Gasteiger partial charge in [0.1, 0.15) is 0 Å². The van der Waals surface area contributed by atoms with Gasteiger partial charge in [0.25, 0.3) is 0 Å². The molecule has 0 saturated carbocycles. The van der Waals surface area contributed by atoms with Crippen LogP contribution in [-0.4, -0.2) is 0 Å². The highest BCUT2D eigenvalue weighted by molar-refractivity contribution is 7.99. The molecule has 0 aliphatic rings. The number of benzene rings is 4. The Balaban J connectivity index is 1.51. The number of aryl methyl sites for hydroxylation is 3. The SMILES string of the molecule is Cc1ccc(Sc2ccc(C)c(Cc3cccc(Sc4cccc(C)c4)c3)c2)cc1. The Morgan fingerprint density at radius 3 is 1.93 bits per heavy atom. The Morgan fingerprint density at radius 2 is 1.17 bits per heavy atom. The quantitative estimate of drug-likeness (QED) is 0.303. The molecular weight excluding hydrogens is 400 g/mol. The molecule has 0 N–H and O–H groups in total. The van der Waals surface area contributed by atoms with E-state index < -0.39 is 0 Å². The predicted octanol–water partition coefficient (Wildman–Crippen LogP) is 8.51. The lowest BCUT2D eigenvalue weighted by Gasteiger charge is -2.11. The first-order valence-corrected chi connectivity index (χ1v) is 11.9. The monoisotopic (exact) mass is 426 g/mol. The third-order valence-electron chi connectivity index (χ3n) is 5.10. The minimum atomic E-state index is 0.955. The second kappa shape index (κ2) is 9.59. The highest BCUT2D eigenvalue weighted by atomic mass is 32.2. The van der Waals surface area contributed by atoms with Gasteiger partial charge in [-0.2, -0.15) is 0 Å². The lowest BCUT2D eigenvalue weighted by Crippen LogP contribution is -1.93. The van der Waals surface area contributed by atoms with Crippen molar-refractivity contribution in [1.29, 1.82) is 0 Å². The minimum Gasteiger partial charge on any atom is -0.0901 e. The van der Waals surface area contributed by atoms with Gasteiger partial charge in [-0.3, -0.25) is 0 Å². The molecule has 2 heteroatoms. The van der Waals surface area contributed by atoms with Crippen LogP contribution >= 0.6 is 23.5 Å². The van der Waals surface area contributed by atoms with Crippen molar-refractivity contribution in [3.8, 4) is 0 Å². The normalized spacial score (nSPS) is 10.9. The van der Waals surface area contributed by atoms with E-state index in [0.29, 0.717) is 0 Å². The molecule has 0 aromatic heterocycles. The maximum absolute atomic E-state index is 2.35. The summed E-state index contributed by atoms with van der Waals surface area (Å²) < 4.78 is 0. The van der Waals surface area contributed by atoms with Crippen LogP contribution in [0.1, 0.15) is 27.8 Å². The Kier molecular flexibility index (Phi) is 6.66. The molecule has 0 heterocycles. The van der Waals surface area contributed by atoms with Crippen LogP contribution in [0.25, 0.3) is 0 Å². The van der Waals surface area contributed by atoms with Gasteiger partial charge in [0, 0.05) is 19.6 Å². The van der Waals surface area contributed by atoms with Gasteiger partial charge in [0.05, 0.1) is 0 Å². The topological polar surface area (TPSA) is 0 Å². The molecule has 0 fully saturated rings. The summed E-state index contributed by atoms with van der Waals surface area (Å²) in [5, 5.41) is 0. The third-order valence-corrected chi connectivity index (χ3v) is 7.07. The van der Waals surface area contributed by atoms with Crippen molar-refractivity contribution in [2.45, 2.75) is 46.8 Å². The molecule has 4 aromatic carbocycles. The molecular formula is C28H26S2. The van der Waals surface area contributed by atoms with E-state index in [2.05, 4.69) is 112 Å².